The number of fused-ring (bicyclic) bond motifs is 3. The van der Waals surface area contributed by atoms with E-state index in [2.05, 4.69) is 30.5 Å². The van der Waals surface area contributed by atoms with Gasteiger partial charge >= 0.3 is 0 Å². The zero-order valence-corrected chi connectivity index (χ0v) is 15.2. The molecule has 0 saturated heterocycles. The van der Waals surface area contributed by atoms with E-state index in [0.29, 0.717) is 21.9 Å². The number of ether oxygens (including phenoxy) is 1. The van der Waals surface area contributed by atoms with Gasteiger partial charge in [0.15, 0.2) is 0 Å². The molecule has 3 atom stereocenters. The number of anilines is 1. The molecule has 0 radical (unpaired) electrons. The van der Waals surface area contributed by atoms with Crippen LogP contribution in [0.15, 0.2) is 42.5 Å². The molecule has 2 nitrogen and oxygen atoms in total. The summed E-state index contributed by atoms with van der Waals surface area (Å²) >= 11 is 12.6. The maximum absolute atomic E-state index is 6.51. The van der Waals surface area contributed by atoms with Crippen molar-refractivity contribution >= 4 is 28.9 Å². The number of rotatable bonds is 2. The molecule has 2 aromatic carbocycles. The average Bonchev–Trinajstić information content (AvgIpc) is 3.04. The molecule has 1 aliphatic carbocycles. The van der Waals surface area contributed by atoms with Gasteiger partial charge in [0.25, 0.3) is 0 Å². The molecule has 2 aromatic rings. The molecular formula is C20H19Cl2NO. The zero-order chi connectivity index (χ0) is 16.8. The van der Waals surface area contributed by atoms with Gasteiger partial charge in [0.2, 0.25) is 0 Å². The Labute approximate surface area is 152 Å². The van der Waals surface area contributed by atoms with Crippen molar-refractivity contribution in [3.63, 3.8) is 0 Å². The summed E-state index contributed by atoms with van der Waals surface area (Å²) in [5.74, 6) is 1.71. The third kappa shape index (κ3) is 2.40. The highest BCUT2D eigenvalue weighted by atomic mass is 35.5. The summed E-state index contributed by atoms with van der Waals surface area (Å²) in [6, 6.07) is 10.1. The monoisotopic (exact) mass is 359 g/mol. The molecule has 4 heteroatoms. The Morgan fingerprint density at radius 1 is 1.17 bits per heavy atom. The van der Waals surface area contributed by atoms with Crippen LogP contribution in [0.1, 0.15) is 35.1 Å². The van der Waals surface area contributed by atoms with Gasteiger partial charge in [0.05, 0.1) is 18.8 Å². The number of methoxy groups -OCH3 is 1. The molecule has 0 aromatic heterocycles. The van der Waals surface area contributed by atoms with Crippen LogP contribution in [-0.4, -0.2) is 7.11 Å². The Bertz CT molecular complexity index is 831. The van der Waals surface area contributed by atoms with Crippen LogP contribution in [0.3, 0.4) is 0 Å². The summed E-state index contributed by atoms with van der Waals surface area (Å²) in [6.45, 7) is 2.17. The molecule has 0 saturated carbocycles. The van der Waals surface area contributed by atoms with Crippen LogP contribution in [0.5, 0.6) is 5.75 Å². The summed E-state index contributed by atoms with van der Waals surface area (Å²) in [6.07, 6.45) is 5.65. The van der Waals surface area contributed by atoms with E-state index in [1.165, 1.54) is 11.1 Å². The van der Waals surface area contributed by atoms with Crippen LogP contribution in [-0.2, 0) is 0 Å². The third-order valence-corrected chi connectivity index (χ3v) is 5.78. The highest BCUT2D eigenvalue weighted by Gasteiger charge is 2.40. The molecule has 4 rings (SSSR count). The second-order valence-electron chi connectivity index (χ2n) is 6.51. The van der Waals surface area contributed by atoms with Crippen molar-refractivity contribution in [2.75, 3.05) is 12.4 Å². The summed E-state index contributed by atoms with van der Waals surface area (Å²) in [4.78, 5) is 0. The maximum atomic E-state index is 6.51. The van der Waals surface area contributed by atoms with Crippen molar-refractivity contribution < 1.29 is 4.74 Å². The first-order chi connectivity index (χ1) is 11.6. The molecule has 3 unspecified atom stereocenters. The molecule has 2 aliphatic rings. The van der Waals surface area contributed by atoms with Crippen LogP contribution in [0.25, 0.3) is 0 Å². The van der Waals surface area contributed by atoms with Crippen LogP contribution in [0.2, 0.25) is 10.0 Å². The Hall–Kier alpha value is -1.64. The number of nitrogens with one attached hydrogen (secondary N) is 1. The van der Waals surface area contributed by atoms with Gasteiger partial charge in [-0.3, -0.25) is 0 Å². The molecule has 1 heterocycles. The standard InChI is InChI=1S/C20H19Cl2NO/c1-11-6-9-17(24-2)20-18(11)13-4-3-5-14(13)19(23-20)15-8-7-12(21)10-16(15)22/h3-4,6-10,13-14,19,23H,5H2,1-2H3. The molecule has 124 valence electrons. The lowest BCUT2D eigenvalue weighted by Gasteiger charge is -2.39. The smallest absolute Gasteiger partial charge is 0.142 e. The van der Waals surface area contributed by atoms with E-state index >= 15 is 0 Å². The molecule has 1 aliphatic heterocycles. The van der Waals surface area contributed by atoms with E-state index in [0.717, 1.165) is 23.4 Å². The summed E-state index contributed by atoms with van der Waals surface area (Å²) < 4.78 is 5.61. The minimum Gasteiger partial charge on any atom is -0.495 e. The fourth-order valence-electron chi connectivity index (χ4n) is 4.10. The molecular weight excluding hydrogens is 341 g/mol. The van der Waals surface area contributed by atoms with Gasteiger partial charge in [0.1, 0.15) is 5.75 Å². The van der Waals surface area contributed by atoms with E-state index in [9.17, 15) is 0 Å². The molecule has 0 bridgehead atoms. The number of benzene rings is 2. The fraction of sp³-hybridized carbons (Fsp3) is 0.300. The summed E-state index contributed by atoms with van der Waals surface area (Å²) in [5, 5.41) is 5.08. The first-order valence-corrected chi connectivity index (χ1v) is 8.91. The van der Waals surface area contributed by atoms with Crippen molar-refractivity contribution in [3.05, 3.63) is 69.2 Å². The minimum atomic E-state index is 0.137. The second kappa shape index (κ2) is 6.02. The Balaban J connectivity index is 1.87. The van der Waals surface area contributed by atoms with Gasteiger partial charge in [-0.25, -0.2) is 0 Å². The number of hydrogen-bond acceptors (Lipinski definition) is 2. The lowest BCUT2D eigenvalue weighted by atomic mass is 9.75. The predicted octanol–water partition coefficient (Wildman–Crippen LogP) is 6.14. The van der Waals surface area contributed by atoms with Gasteiger partial charge in [-0.2, -0.15) is 0 Å². The minimum absolute atomic E-state index is 0.137. The van der Waals surface area contributed by atoms with Crippen LogP contribution in [0.4, 0.5) is 5.69 Å². The van der Waals surface area contributed by atoms with E-state index in [1.807, 2.05) is 24.3 Å². The normalized spacial score (nSPS) is 24.2. The molecule has 24 heavy (non-hydrogen) atoms. The highest BCUT2D eigenvalue weighted by Crippen LogP contribution is 2.54. The first-order valence-electron chi connectivity index (χ1n) is 8.15. The van der Waals surface area contributed by atoms with Gasteiger partial charge < -0.3 is 10.1 Å². The molecule has 0 amide bonds. The van der Waals surface area contributed by atoms with Gasteiger partial charge in [0, 0.05) is 16.0 Å². The molecule has 0 spiro atoms. The lowest BCUT2D eigenvalue weighted by Crippen LogP contribution is -2.30. The first kappa shape index (κ1) is 15.9. The van der Waals surface area contributed by atoms with Gasteiger partial charge in [-0.05, 0) is 54.2 Å². The third-order valence-electron chi connectivity index (χ3n) is 5.22. The van der Waals surface area contributed by atoms with Crippen LogP contribution < -0.4 is 10.1 Å². The Morgan fingerprint density at radius 3 is 2.75 bits per heavy atom. The molecule has 0 fully saturated rings. The number of allylic oxidation sites excluding steroid dienone is 2. The van der Waals surface area contributed by atoms with Gasteiger partial charge in [-0.1, -0.05) is 47.5 Å². The topological polar surface area (TPSA) is 21.3 Å². The SMILES string of the molecule is COc1ccc(C)c2c1NC(c1ccc(Cl)cc1Cl)C1CC=CC21. The van der Waals surface area contributed by atoms with Crippen molar-refractivity contribution in [1.82, 2.24) is 0 Å². The fourth-order valence-corrected chi connectivity index (χ4v) is 4.63. The van der Waals surface area contributed by atoms with Crippen LogP contribution in [0, 0.1) is 12.8 Å². The number of aryl methyl sites for hydroxylation is 1. The second-order valence-corrected chi connectivity index (χ2v) is 7.36. The van der Waals surface area contributed by atoms with Crippen molar-refractivity contribution in [2.24, 2.45) is 5.92 Å². The number of halogens is 2. The predicted molar refractivity (Wildman–Crippen MR) is 101 cm³/mol. The van der Waals surface area contributed by atoms with E-state index < -0.39 is 0 Å². The van der Waals surface area contributed by atoms with E-state index in [-0.39, 0.29) is 6.04 Å². The van der Waals surface area contributed by atoms with E-state index in [1.54, 1.807) is 7.11 Å². The summed E-state index contributed by atoms with van der Waals surface area (Å²) in [7, 11) is 1.72. The Morgan fingerprint density at radius 2 is 2.00 bits per heavy atom. The van der Waals surface area contributed by atoms with Crippen LogP contribution >= 0.6 is 23.2 Å². The van der Waals surface area contributed by atoms with E-state index in [4.69, 9.17) is 27.9 Å². The maximum Gasteiger partial charge on any atom is 0.142 e. The average molecular weight is 360 g/mol. The van der Waals surface area contributed by atoms with Crippen molar-refractivity contribution in [2.45, 2.75) is 25.3 Å². The number of hydrogen-bond donors (Lipinski definition) is 1. The Kier molecular flexibility index (Phi) is 3.98. The quantitative estimate of drug-likeness (QED) is 0.650. The highest BCUT2D eigenvalue weighted by molar-refractivity contribution is 6.35. The van der Waals surface area contributed by atoms with Gasteiger partial charge in [-0.15, -0.1) is 0 Å². The largest absolute Gasteiger partial charge is 0.495 e. The van der Waals surface area contributed by atoms with Crippen molar-refractivity contribution in [3.8, 4) is 5.75 Å². The summed E-state index contributed by atoms with van der Waals surface area (Å²) in [5.41, 5.74) is 4.81. The lowest BCUT2D eigenvalue weighted by molar-refractivity contribution is 0.396. The molecule has 1 N–H and O–H groups in total. The zero-order valence-electron chi connectivity index (χ0n) is 13.6. The van der Waals surface area contributed by atoms with Crippen molar-refractivity contribution in [1.29, 1.82) is 0 Å².